The molecule has 1 aromatic carbocycles. The third kappa shape index (κ3) is 3.21. The number of aliphatic hydroxyl groups is 1. The molecule has 1 atom stereocenters. The lowest BCUT2D eigenvalue weighted by Gasteiger charge is -2.12. The fourth-order valence-electron chi connectivity index (χ4n) is 2.34. The molecule has 4 nitrogen and oxygen atoms in total. The van der Waals surface area contributed by atoms with Gasteiger partial charge in [-0.1, -0.05) is 12.1 Å². The molecular weight excluding hydrogens is 294 g/mol. The largest absolute Gasteiger partial charge is 0.380 e. The van der Waals surface area contributed by atoms with Crippen LogP contribution in [0.3, 0.4) is 0 Å². The van der Waals surface area contributed by atoms with E-state index in [2.05, 4.69) is 29.4 Å². The second-order valence-corrected chi connectivity index (χ2v) is 6.66. The van der Waals surface area contributed by atoms with Crippen LogP contribution in [-0.4, -0.2) is 14.7 Å². The summed E-state index contributed by atoms with van der Waals surface area (Å²) in [6, 6.07) is 12.1. The van der Waals surface area contributed by atoms with Crippen LogP contribution in [0.2, 0.25) is 0 Å². The van der Waals surface area contributed by atoms with Crippen LogP contribution < -0.4 is 5.32 Å². The summed E-state index contributed by atoms with van der Waals surface area (Å²) in [5.41, 5.74) is 1.88. The van der Waals surface area contributed by atoms with Crippen molar-refractivity contribution >= 4 is 17.0 Å². The molecule has 2 heterocycles. The zero-order valence-corrected chi connectivity index (χ0v) is 13.5. The molecule has 0 aliphatic rings. The molecule has 0 amide bonds. The van der Waals surface area contributed by atoms with Crippen LogP contribution in [0.5, 0.6) is 0 Å². The second-order valence-electron chi connectivity index (χ2n) is 5.29. The van der Waals surface area contributed by atoms with Crippen LogP contribution in [0.25, 0.3) is 0 Å². The minimum absolute atomic E-state index is 0.648. The molecule has 0 unspecified atom stereocenters. The van der Waals surface area contributed by atoms with Gasteiger partial charge in [0.15, 0.2) is 0 Å². The van der Waals surface area contributed by atoms with E-state index in [0.717, 1.165) is 17.8 Å². The lowest BCUT2D eigenvalue weighted by molar-refractivity contribution is 0.206. The summed E-state index contributed by atoms with van der Waals surface area (Å²) >= 11 is 1.80. The van der Waals surface area contributed by atoms with E-state index >= 15 is 0 Å². The Bertz CT molecular complexity index is 745. The van der Waals surface area contributed by atoms with Crippen LogP contribution in [0.4, 0.5) is 5.69 Å². The number of thiophene rings is 1. The van der Waals surface area contributed by atoms with Gasteiger partial charge >= 0.3 is 0 Å². The number of nitrogens with one attached hydrogen (secondary N) is 1. The fraction of sp³-hybridized carbons (Fsp3) is 0.235. The number of aryl methyl sites for hydroxylation is 2. The molecule has 2 aromatic heterocycles. The minimum atomic E-state index is -0.700. The van der Waals surface area contributed by atoms with Crippen LogP contribution in [0, 0.1) is 6.92 Å². The first-order valence-electron chi connectivity index (χ1n) is 7.18. The molecule has 0 bridgehead atoms. The van der Waals surface area contributed by atoms with Crippen molar-refractivity contribution in [3.05, 3.63) is 69.9 Å². The van der Waals surface area contributed by atoms with E-state index in [9.17, 15) is 5.11 Å². The number of rotatable bonds is 5. The van der Waals surface area contributed by atoms with E-state index in [1.165, 1.54) is 9.75 Å². The first-order chi connectivity index (χ1) is 10.6. The molecule has 0 fully saturated rings. The zero-order chi connectivity index (χ0) is 15.5. The van der Waals surface area contributed by atoms with Gasteiger partial charge in [0.25, 0.3) is 0 Å². The van der Waals surface area contributed by atoms with E-state index in [1.807, 2.05) is 42.1 Å². The van der Waals surface area contributed by atoms with Gasteiger partial charge in [0.2, 0.25) is 0 Å². The number of hydrogen-bond acceptors (Lipinski definition) is 4. The molecule has 5 heteroatoms. The third-order valence-electron chi connectivity index (χ3n) is 3.59. The molecule has 114 valence electrons. The van der Waals surface area contributed by atoms with Crippen LogP contribution in [0.15, 0.2) is 48.8 Å². The maximum Gasteiger partial charge on any atom is 0.142 e. The number of anilines is 1. The first kappa shape index (κ1) is 14.8. The van der Waals surface area contributed by atoms with Crippen LogP contribution in [0.1, 0.15) is 27.2 Å². The molecule has 0 aliphatic heterocycles. The second kappa shape index (κ2) is 6.34. The maximum atomic E-state index is 10.4. The predicted molar refractivity (Wildman–Crippen MR) is 90.1 cm³/mol. The van der Waals surface area contributed by atoms with Crippen molar-refractivity contribution in [1.29, 1.82) is 0 Å². The molecule has 3 rings (SSSR count). The Labute approximate surface area is 134 Å². The SMILES string of the molecule is Cc1ccc(CNc2ccc([C@@H](O)c3nccn3C)cc2)s1. The number of benzene rings is 1. The first-order valence-corrected chi connectivity index (χ1v) is 7.99. The van der Waals surface area contributed by atoms with Crippen molar-refractivity contribution < 1.29 is 5.11 Å². The zero-order valence-electron chi connectivity index (χ0n) is 12.7. The van der Waals surface area contributed by atoms with Gasteiger partial charge in [-0.25, -0.2) is 4.98 Å². The quantitative estimate of drug-likeness (QED) is 0.758. The van der Waals surface area contributed by atoms with Gasteiger partial charge in [0, 0.05) is 41.4 Å². The molecule has 0 saturated heterocycles. The van der Waals surface area contributed by atoms with Gasteiger partial charge in [-0.3, -0.25) is 0 Å². The van der Waals surface area contributed by atoms with Gasteiger partial charge in [0.05, 0.1) is 0 Å². The lowest BCUT2D eigenvalue weighted by Crippen LogP contribution is -2.07. The standard InChI is InChI=1S/C17H19N3OS/c1-12-3-8-15(22-12)11-19-14-6-4-13(5-7-14)16(21)17-18-9-10-20(17)2/h3-10,16,19,21H,11H2,1-2H3/t16-/m1/s1. The molecule has 0 aliphatic carbocycles. The van der Waals surface area contributed by atoms with Gasteiger partial charge in [-0.05, 0) is 36.8 Å². The number of hydrogen-bond donors (Lipinski definition) is 2. The topological polar surface area (TPSA) is 50.1 Å². The highest BCUT2D eigenvalue weighted by Crippen LogP contribution is 2.22. The summed E-state index contributed by atoms with van der Waals surface area (Å²) in [6.45, 7) is 2.93. The van der Waals surface area contributed by atoms with Gasteiger partial charge in [-0.15, -0.1) is 11.3 Å². The summed E-state index contributed by atoms with van der Waals surface area (Å²) in [5.74, 6) is 0.648. The molecule has 3 aromatic rings. The molecular formula is C17H19N3OS. The van der Waals surface area contributed by atoms with Crippen molar-refractivity contribution in [2.24, 2.45) is 7.05 Å². The Morgan fingerprint density at radius 1 is 1.23 bits per heavy atom. The van der Waals surface area contributed by atoms with Crippen LogP contribution in [-0.2, 0) is 13.6 Å². The summed E-state index contributed by atoms with van der Waals surface area (Å²) < 4.78 is 1.83. The summed E-state index contributed by atoms with van der Waals surface area (Å²) in [7, 11) is 1.88. The van der Waals surface area contributed by atoms with Crippen molar-refractivity contribution in [2.75, 3.05) is 5.32 Å². The van der Waals surface area contributed by atoms with E-state index in [4.69, 9.17) is 0 Å². The molecule has 22 heavy (non-hydrogen) atoms. The average molecular weight is 313 g/mol. The number of aromatic nitrogens is 2. The van der Waals surface area contributed by atoms with Crippen molar-refractivity contribution in [2.45, 2.75) is 19.6 Å². The Morgan fingerprint density at radius 3 is 2.59 bits per heavy atom. The maximum absolute atomic E-state index is 10.4. The summed E-state index contributed by atoms with van der Waals surface area (Å²) in [4.78, 5) is 6.83. The Kier molecular flexibility index (Phi) is 4.27. The molecule has 2 N–H and O–H groups in total. The number of imidazole rings is 1. The summed E-state index contributed by atoms with van der Waals surface area (Å²) in [6.07, 6.45) is 2.82. The highest BCUT2D eigenvalue weighted by atomic mass is 32.1. The highest BCUT2D eigenvalue weighted by Gasteiger charge is 2.14. The van der Waals surface area contributed by atoms with E-state index in [0.29, 0.717) is 5.82 Å². The minimum Gasteiger partial charge on any atom is -0.380 e. The lowest BCUT2D eigenvalue weighted by atomic mass is 10.1. The number of nitrogens with zero attached hydrogens (tertiary/aromatic N) is 2. The van der Waals surface area contributed by atoms with Crippen LogP contribution >= 0.6 is 11.3 Å². The van der Waals surface area contributed by atoms with Crippen molar-refractivity contribution in [1.82, 2.24) is 9.55 Å². The normalized spacial score (nSPS) is 12.3. The molecule has 0 radical (unpaired) electrons. The molecule has 0 spiro atoms. The van der Waals surface area contributed by atoms with Gasteiger partial charge < -0.3 is 15.0 Å². The Hall–Kier alpha value is -2.11. The fourth-order valence-corrected chi connectivity index (χ4v) is 3.17. The Morgan fingerprint density at radius 2 is 2.00 bits per heavy atom. The van der Waals surface area contributed by atoms with Crippen molar-refractivity contribution in [3.63, 3.8) is 0 Å². The third-order valence-corrected chi connectivity index (χ3v) is 4.59. The Balaban J connectivity index is 1.66. The van der Waals surface area contributed by atoms with Gasteiger partial charge in [0.1, 0.15) is 11.9 Å². The monoisotopic (exact) mass is 313 g/mol. The predicted octanol–water partition coefficient (Wildman–Crippen LogP) is 3.48. The van der Waals surface area contributed by atoms with E-state index in [1.54, 1.807) is 17.5 Å². The smallest absolute Gasteiger partial charge is 0.142 e. The molecule has 0 saturated carbocycles. The highest BCUT2D eigenvalue weighted by molar-refractivity contribution is 7.11. The average Bonchev–Trinajstić information content (AvgIpc) is 3.13. The van der Waals surface area contributed by atoms with Gasteiger partial charge in [-0.2, -0.15) is 0 Å². The number of aliphatic hydroxyl groups excluding tert-OH is 1. The van der Waals surface area contributed by atoms with E-state index in [-0.39, 0.29) is 0 Å². The summed E-state index contributed by atoms with van der Waals surface area (Å²) in [5, 5.41) is 13.8. The van der Waals surface area contributed by atoms with Crippen molar-refractivity contribution in [3.8, 4) is 0 Å². The van der Waals surface area contributed by atoms with E-state index < -0.39 is 6.10 Å².